The van der Waals surface area contributed by atoms with Crippen LogP contribution in [0.5, 0.6) is 11.5 Å². The van der Waals surface area contributed by atoms with Gasteiger partial charge in [0.05, 0.1) is 13.0 Å². The number of aromatic hydroxyl groups is 1. The van der Waals surface area contributed by atoms with Crippen LogP contribution in [0, 0.1) is 0 Å². The molecule has 37 heavy (non-hydrogen) atoms. The van der Waals surface area contributed by atoms with Gasteiger partial charge >= 0.3 is 0 Å². The molecule has 3 aromatic carbocycles. The van der Waals surface area contributed by atoms with Crippen molar-refractivity contribution >= 4 is 46.4 Å². The van der Waals surface area contributed by atoms with Gasteiger partial charge in [0.15, 0.2) is 0 Å². The van der Waals surface area contributed by atoms with Gasteiger partial charge in [-0.05, 0) is 68.4 Å². The first-order valence-corrected chi connectivity index (χ1v) is 12.1. The molecule has 0 aliphatic carbocycles. The van der Waals surface area contributed by atoms with Gasteiger partial charge in [0.25, 0.3) is 11.8 Å². The lowest BCUT2D eigenvalue weighted by molar-refractivity contribution is -0.113. The fraction of sp³-hybridized carbons (Fsp3) is 0.143. The van der Waals surface area contributed by atoms with Gasteiger partial charge in [0.1, 0.15) is 11.5 Å². The highest BCUT2D eigenvalue weighted by molar-refractivity contribution is 6.31. The van der Waals surface area contributed by atoms with Crippen molar-refractivity contribution in [3.63, 3.8) is 0 Å². The minimum atomic E-state index is -0.883. The number of benzene rings is 3. The Kier molecular flexibility index (Phi) is 7.76. The molecule has 1 heterocycles. The molecule has 0 radical (unpaired) electrons. The number of allylic oxidation sites excluding steroid dienone is 2. The normalized spacial score (nSPS) is 13.8. The van der Waals surface area contributed by atoms with E-state index in [2.05, 4.69) is 16.0 Å². The Morgan fingerprint density at radius 3 is 1.68 bits per heavy atom. The summed E-state index contributed by atoms with van der Waals surface area (Å²) in [5.74, 6) is -1.42. The van der Waals surface area contributed by atoms with Crippen LogP contribution >= 0.6 is 23.2 Å². The average molecular weight is 538 g/mol. The van der Waals surface area contributed by atoms with Crippen LogP contribution in [0.25, 0.3) is 0 Å². The molecule has 0 saturated carbocycles. The van der Waals surface area contributed by atoms with E-state index < -0.39 is 17.7 Å². The third kappa shape index (κ3) is 5.74. The lowest BCUT2D eigenvalue weighted by atomic mass is 9.79. The number of phenols is 1. The number of carbonyl (C=O) groups is 2. The molecule has 2 amide bonds. The molecule has 4 rings (SSSR count). The van der Waals surface area contributed by atoms with Crippen LogP contribution < -0.4 is 20.7 Å². The summed E-state index contributed by atoms with van der Waals surface area (Å²) in [4.78, 5) is 27.3. The molecular weight excluding hydrogens is 513 g/mol. The van der Waals surface area contributed by atoms with E-state index in [9.17, 15) is 14.7 Å². The second kappa shape index (κ2) is 11.0. The fourth-order valence-corrected chi connectivity index (χ4v) is 4.52. The third-order valence-electron chi connectivity index (χ3n) is 6.00. The van der Waals surface area contributed by atoms with Crippen molar-refractivity contribution in [2.24, 2.45) is 0 Å². The molecule has 1 aliphatic heterocycles. The predicted octanol–water partition coefficient (Wildman–Crippen LogP) is 6.22. The highest BCUT2D eigenvalue weighted by Gasteiger charge is 2.38. The summed E-state index contributed by atoms with van der Waals surface area (Å²) in [7, 11) is 1.49. The third-order valence-corrected chi connectivity index (χ3v) is 6.51. The van der Waals surface area contributed by atoms with Crippen LogP contribution in [-0.2, 0) is 9.59 Å². The van der Waals surface area contributed by atoms with E-state index in [4.69, 9.17) is 27.9 Å². The smallest absolute Gasteiger partial charge is 0.254 e. The number of nitrogens with one attached hydrogen (secondary N) is 3. The molecule has 190 valence electrons. The molecule has 0 bridgehead atoms. The molecule has 7 nitrogen and oxygen atoms in total. The largest absolute Gasteiger partial charge is 0.507 e. The van der Waals surface area contributed by atoms with Gasteiger partial charge in [0.2, 0.25) is 0 Å². The topological polar surface area (TPSA) is 99.7 Å². The Morgan fingerprint density at radius 1 is 0.811 bits per heavy atom. The summed E-state index contributed by atoms with van der Waals surface area (Å²) in [6.45, 7) is 3.50. The number of rotatable bonds is 6. The van der Waals surface area contributed by atoms with Gasteiger partial charge in [-0.3, -0.25) is 9.59 Å². The van der Waals surface area contributed by atoms with Crippen molar-refractivity contribution in [3.05, 3.63) is 105 Å². The monoisotopic (exact) mass is 537 g/mol. The van der Waals surface area contributed by atoms with E-state index in [1.807, 2.05) is 0 Å². The van der Waals surface area contributed by atoms with Crippen LogP contribution in [0.3, 0.4) is 0 Å². The second-order valence-corrected chi connectivity index (χ2v) is 9.36. The maximum atomic E-state index is 13.6. The molecule has 0 saturated heterocycles. The molecule has 0 atom stereocenters. The van der Waals surface area contributed by atoms with Crippen molar-refractivity contribution in [1.82, 2.24) is 5.32 Å². The van der Waals surface area contributed by atoms with Gasteiger partial charge < -0.3 is 25.8 Å². The number of carbonyl (C=O) groups excluding carboxylic acids is 2. The summed E-state index contributed by atoms with van der Waals surface area (Å²) in [6.07, 6.45) is 0. The van der Waals surface area contributed by atoms with E-state index in [0.717, 1.165) is 0 Å². The van der Waals surface area contributed by atoms with Crippen LogP contribution in [0.4, 0.5) is 11.4 Å². The first-order valence-electron chi connectivity index (χ1n) is 11.4. The maximum Gasteiger partial charge on any atom is 0.254 e. The number of ether oxygens (including phenoxy) is 1. The first kappa shape index (κ1) is 26.1. The van der Waals surface area contributed by atoms with E-state index >= 15 is 0 Å². The van der Waals surface area contributed by atoms with E-state index in [0.29, 0.717) is 44.1 Å². The number of hydrogen-bond acceptors (Lipinski definition) is 5. The van der Waals surface area contributed by atoms with Crippen LogP contribution in [-0.4, -0.2) is 24.0 Å². The Bertz CT molecular complexity index is 1330. The summed E-state index contributed by atoms with van der Waals surface area (Å²) in [5.41, 5.74) is 3.10. The van der Waals surface area contributed by atoms with Crippen molar-refractivity contribution in [1.29, 1.82) is 0 Å². The van der Waals surface area contributed by atoms with Gasteiger partial charge in [-0.15, -0.1) is 0 Å². The van der Waals surface area contributed by atoms with E-state index in [1.165, 1.54) is 13.2 Å². The quantitative estimate of drug-likeness (QED) is 0.299. The zero-order valence-electron chi connectivity index (χ0n) is 20.4. The highest BCUT2D eigenvalue weighted by Crippen LogP contribution is 2.43. The van der Waals surface area contributed by atoms with E-state index in [1.54, 1.807) is 74.5 Å². The maximum absolute atomic E-state index is 13.6. The van der Waals surface area contributed by atoms with E-state index in [-0.39, 0.29) is 16.9 Å². The number of anilines is 2. The molecule has 0 spiro atoms. The number of phenolic OH excluding ortho intramolecular Hbond substituents is 1. The van der Waals surface area contributed by atoms with Crippen molar-refractivity contribution in [2.75, 3.05) is 17.7 Å². The summed E-state index contributed by atoms with van der Waals surface area (Å²) in [6, 6.07) is 18.2. The summed E-state index contributed by atoms with van der Waals surface area (Å²) >= 11 is 12.0. The Morgan fingerprint density at radius 2 is 1.27 bits per heavy atom. The Hall–Kier alpha value is -3.94. The average Bonchev–Trinajstić information content (AvgIpc) is 2.86. The van der Waals surface area contributed by atoms with Crippen LogP contribution in [0.1, 0.15) is 25.3 Å². The van der Waals surface area contributed by atoms with Crippen molar-refractivity contribution in [2.45, 2.75) is 19.8 Å². The second-order valence-electron chi connectivity index (χ2n) is 8.48. The van der Waals surface area contributed by atoms with Crippen LogP contribution in [0.15, 0.2) is 89.3 Å². The molecule has 4 N–H and O–H groups in total. The molecular formula is C28H25Cl2N3O4. The number of dihydropyridines is 1. The van der Waals surface area contributed by atoms with Crippen LogP contribution in [0.2, 0.25) is 10.0 Å². The highest BCUT2D eigenvalue weighted by atomic mass is 35.5. The first-order chi connectivity index (χ1) is 17.7. The summed E-state index contributed by atoms with van der Waals surface area (Å²) < 4.78 is 5.23. The minimum absolute atomic E-state index is 0.111. The van der Waals surface area contributed by atoms with Crippen molar-refractivity contribution < 1.29 is 19.4 Å². The minimum Gasteiger partial charge on any atom is -0.507 e. The number of halogens is 2. The molecule has 0 aromatic heterocycles. The molecule has 3 aromatic rings. The predicted molar refractivity (Wildman–Crippen MR) is 146 cm³/mol. The van der Waals surface area contributed by atoms with Gasteiger partial charge in [-0.25, -0.2) is 0 Å². The Labute approximate surface area is 224 Å². The standard InChI is InChI=1S/C28H25Cl2N3O4/c1-15-24(27(35)32-19-8-4-17(29)5-9-19)26(22-13-12-21(37-3)14-23(22)34)25(16(2)31-15)28(36)33-20-10-6-18(30)7-11-20/h4-14,26,31,34H,1-3H3,(H,32,35)(H,33,36). The lowest BCUT2D eigenvalue weighted by Crippen LogP contribution is -2.35. The molecule has 1 aliphatic rings. The zero-order chi connectivity index (χ0) is 26.7. The summed E-state index contributed by atoms with van der Waals surface area (Å²) in [5, 5.41) is 20.9. The molecule has 0 unspecified atom stereocenters. The number of amides is 2. The van der Waals surface area contributed by atoms with Gasteiger partial charge in [0, 0.05) is 55.6 Å². The Balaban J connectivity index is 1.79. The number of hydrogen-bond donors (Lipinski definition) is 4. The molecule has 9 heteroatoms. The molecule has 0 fully saturated rings. The van der Waals surface area contributed by atoms with Gasteiger partial charge in [-0.2, -0.15) is 0 Å². The van der Waals surface area contributed by atoms with Crippen molar-refractivity contribution in [3.8, 4) is 11.5 Å². The lowest BCUT2D eigenvalue weighted by Gasteiger charge is -2.32. The zero-order valence-corrected chi connectivity index (χ0v) is 21.9. The van der Waals surface area contributed by atoms with Gasteiger partial charge in [-0.1, -0.05) is 29.3 Å². The fourth-order valence-electron chi connectivity index (χ4n) is 4.26. The number of methoxy groups -OCH3 is 1. The SMILES string of the molecule is COc1ccc(C2C(C(=O)Nc3ccc(Cl)cc3)=C(C)NC(C)=C2C(=O)Nc2ccc(Cl)cc2)c(O)c1.